The van der Waals surface area contributed by atoms with E-state index in [0.29, 0.717) is 21.7 Å². The molecule has 0 fully saturated rings. The van der Waals surface area contributed by atoms with Crippen molar-refractivity contribution in [3.05, 3.63) is 22.2 Å². The van der Waals surface area contributed by atoms with Gasteiger partial charge in [-0.3, -0.25) is 0 Å². The smallest absolute Gasteiger partial charge is 0.0743 e. The molecule has 0 heterocycles. The molecule has 90 valence electrons. The van der Waals surface area contributed by atoms with Crippen molar-refractivity contribution in [2.75, 3.05) is 24.2 Å². The van der Waals surface area contributed by atoms with Crippen LogP contribution in [0.1, 0.15) is 20.3 Å². The van der Waals surface area contributed by atoms with Crippen LogP contribution in [-0.4, -0.2) is 13.6 Å². The van der Waals surface area contributed by atoms with Gasteiger partial charge in [0.2, 0.25) is 0 Å². The zero-order chi connectivity index (χ0) is 12.3. The minimum atomic E-state index is 0.593. The monoisotopic (exact) mass is 260 g/mol. The zero-order valence-corrected chi connectivity index (χ0v) is 11.4. The van der Waals surface area contributed by atoms with E-state index in [9.17, 15) is 0 Å². The van der Waals surface area contributed by atoms with Gasteiger partial charge in [0.05, 0.1) is 15.7 Å². The fourth-order valence-electron chi connectivity index (χ4n) is 1.64. The van der Waals surface area contributed by atoms with Crippen molar-refractivity contribution in [2.24, 2.45) is 5.92 Å². The first-order valence-corrected chi connectivity index (χ1v) is 6.17. The van der Waals surface area contributed by atoms with Crippen LogP contribution >= 0.6 is 23.2 Å². The Morgan fingerprint density at radius 3 is 2.25 bits per heavy atom. The zero-order valence-electron chi connectivity index (χ0n) is 9.93. The Morgan fingerprint density at radius 1 is 1.31 bits per heavy atom. The Hall–Kier alpha value is -0.600. The highest BCUT2D eigenvalue weighted by atomic mass is 35.5. The van der Waals surface area contributed by atoms with Crippen molar-refractivity contribution in [1.82, 2.24) is 0 Å². The van der Waals surface area contributed by atoms with Gasteiger partial charge in [-0.05, 0) is 18.1 Å². The van der Waals surface area contributed by atoms with Gasteiger partial charge in [-0.25, -0.2) is 0 Å². The van der Waals surface area contributed by atoms with Gasteiger partial charge in [-0.1, -0.05) is 43.5 Å². The first kappa shape index (κ1) is 13.5. The Balaban J connectivity index is 2.95. The fraction of sp³-hybridized carbons (Fsp3) is 0.500. The molecule has 0 saturated carbocycles. The standard InChI is InChI=1S/C12H18Cl2N2/c1-4-8(2)7-16(3)12-10(13)5-9(15)6-11(12)14/h5-6,8H,4,7,15H2,1-3H3. The summed E-state index contributed by atoms with van der Waals surface area (Å²) in [5.41, 5.74) is 7.12. The SMILES string of the molecule is CCC(C)CN(C)c1c(Cl)cc(N)cc1Cl. The average molecular weight is 261 g/mol. The molecule has 2 nitrogen and oxygen atoms in total. The average Bonchev–Trinajstić information content (AvgIpc) is 2.15. The number of rotatable bonds is 4. The molecule has 0 spiro atoms. The Kier molecular flexibility index (Phi) is 4.75. The molecule has 16 heavy (non-hydrogen) atoms. The van der Waals surface area contributed by atoms with Gasteiger partial charge in [0.25, 0.3) is 0 Å². The molecule has 1 aromatic carbocycles. The van der Waals surface area contributed by atoms with E-state index >= 15 is 0 Å². The molecule has 1 atom stereocenters. The van der Waals surface area contributed by atoms with Crippen molar-refractivity contribution < 1.29 is 0 Å². The summed E-state index contributed by atoms with van der Waals surface area (Å²) in [6.45, 7) is 5.31. The van der Waals surface area contributed by atoms with Gasteiger partial charge >= 0.3 is 0 Å². The summed E-state index contributed by atoms with van der Waals surface area (Å²) in [6, 6.07) is 3.46. The van der Waals surface area contributed by atoms with Crippen LogP contribution in [0.4, 0.5) is 11.4 Å². The van der Waals surface area contributed by atoms with Gasteiger partial charge in [-0.2, -0.15) is 0 Å². The second-order valence-electron chi connectivity index (χ2n) is 4.23. The number of nitrogen functional groups attached to an aromatic ring is 1. The Bertz CT molecular complexity index is 343. The normalized spacial score (nSPS) is 12.6. The van der Waals surface area contributed by atoms with Crippen LogP contribution in [0.2, 0.25) is 10.0 Å². The summed E-state index contributed by atoms with van der Waals surface area (Å²) in [7, 11) is 2.00. The molecule has 2 N–H and O–H groups in total. The maximum atomic E-state index is 6.15. The van der Waals surface area contributed by atoms with Crippen molar-refractivity contribution in [1.29, 1.82) is 0 Å². The highest BCUT2D eigenvalue weighted by Crippen LogP contribution is 2.35. The predicted octanol–water partition coefficient (Wildman–Crippen LogP) is 4.06. The van der Waals surface area contributed by atoms with Crippen LogP contribution in [0.25, 0.3) is 0 Å². The lowest BCUT2D eigenvalue weighted by atomic mass is 10.1. The van der Waals surface area contributed by atoms with Gasteiger partial charge in [-0.15, -0.1) is 0 Å². The van der Waals surface area contributed by atoms with Crippen molar-refractivity contribution in [3.63, 3.8) is 0 Å². The lowest BCUT2D eigenvalue weighted by Crippen LogP contribution is -2.24. The van der Waals surface area contributed by atoms with Gasteiger partial charge in [0.1, 0.15) is 0 Å². The third-order valence-corrected chi connectivity index (χ3v) is 3.28. The maximum absolute atomic E-state index is 6.15. The van der Waals surface area contributed by atoms with E-state index in [2.05, 4.69) is 18.7 Å². The summed E-state index contributed by atoms with van der Waals surface area (Å²) < 4.78 is 0. The second-order valence-corrected chi connectivity index (χ2v) is 5.04. The lowest BCUT2D eigenvalue weighted by Gasteiger charge is -2.25. The largest absolute Gasteiger partial charge is 0.399 e. The molecule has 0 radical (unpaired) electrons. The third-order valence-electron chi connectivity index (χ3n) is 2.70. The van der Waals surface area contributed by atoms with E-state index in [1.165, 1.54) is 0 Å². The van der Waals surface area contributed by atoms with Crippen molar-refractivity contribution in [2.45, 2.75) is 20.3 Å². The number of nitrogens with zero attached hydrogens (tertiary/aromatic N) is 1. The van der Waals surface area contributed by atoms with Gasteiger partial charge in [0.15, 0.2) is 0 Å². The van der Waals surface area contributed by atoms with Crippen LogP contribution in [0.15, 0.2) is 12.1 Å². The molecule has 1 unspecified atom stereocenters. The summed E-state index contributed by atoms with van der Waals surface area (Å²) in [5, 5.41) is 1.21. The molecular formula is C12H18Cl2N2. The second kappa shape index (κ2) is 5.65. The molecule has 4 heteroatoms. The van der Waals surface area contributed by atoms with Crippen LogP contribution in [-0.2, 0) is 0 Å². The van der Waals surface area contributed by atoms with Crippen LogP contribution in [0.3, 0.4) is 0 Å². The number of nitrogens with two attached hydrogens (primary N) is 1. The van der Waals surface area contributed by atoms with Crippen molar-refractivity contribution in [3.8, 4) is 0 Å². The summed E-state index contributed by atoms with van der Waals surface area (Å²) in [6.07, 6.45) is 1.13. The van der Waals surface area contributed by atoms with Crippen LogP contribution in [0, 0.1) is 5.92 Å². The predicted molar refractivity (Wildman–Crippen MR) is 73.6 cm³/mol. The van der Waals surface area contributed by atoms with E-state index in [1.54, 1.807) is 12.1 Å². The minimum absolute atomic E-state index is 0.593. The first-order chi connectivity index (χ1) is 7.45. The molecule has 0 amide bonds. The number of hydrogen-bond acceptors (Lipinski definition) is 2. The highest BCUT2D eigenvalue weighted by Gasteiger charge is 2.13. The van der Waals surface area contributed by atoms with E-state index < -0.39 is 0 Å². The van der Waals surface area contributed by atoms with Crippen molar-refractivity contribution >= 4 is 34.6 Å². The molecule has 0 aliphatic carbocycles. The maximum Gasteiger partial charge on any atom is 0.0743 e. The number of halogens is 2. The highest BCUT2D eigenvalue weighted by molar-refractivity contribution is 6.39. The molecule has 0 aliphatic rings. The number of hydrogen-bond donors (Lipinski definition) is 1. The van der Waals surface area contributed by atoms with E-state index in [-0.39, 0.29) is 0 Å². The molecule has 1 aromatic rings. The van der Waals surface area contributed by atoms with E-state index in [0.717, 1.165) is 18.7 Å². The van der Waals surface area contributed by atoms with E-state index in [1.807, 2.05) is 7.05 Å². The minimum Gasteiger partial charge on any atom is -0.399 e. The molecule has 0 aliphatic heterocycles. The first-order valence-electron chi connectivity index (χ1n) is 5.41. The number of anilines is 2. The molecule has 1 rings (SSSR count). The topological polar surface area (TPSA) is 29.3 Å². The summed E-state index contributed by atoms with van der Waals surface area (Å²) in [4.78, 5) is 2.08. The van der Waals surface area contributed by atoms with Crippen LogP contribution in [0.5, 0.6) is 0 Å². The Labute approximate surface area is 107 Å². The van der Waals surface area contributed by atoms with E-state index in [4.69, 9.17) is 28.9 Å². The number of benzene rings is 1. The molecule has 0 saturated heterocycles. The van der Waals surface area contributed by atoms with Crippen LogP contribution < -0.4 is 10.6 Å². The fourth-order valence-corrected chi connectivity index (χ4v) is 2.43. The molecule has 0 aromatic heterocycles. The quantitative estimate of drug-likeness (QED) is 0.828. The van der Waals surface area contributed by atoms with Gasteiger partial charge in [0, 0.05) is 19.3 Å². The summed E-state index contributed by atoms with van der Waals surface area (Å²) in [5.74, 6) is 0.606. The summed E-state index contributed by atoms with van der Waals surface area (Å²) >= 11 is 12.3. The third kappa shape index (κ3) is 3.19. The molecule has 0 bridgehead atoms. The van der Waals surface area contributed by atoms with Gasteiger partial charge < -0.3 is 10.6 Å². The lowest BCUT2D eigenvalue weighted by molar-refractivity contribution is 0.560. The molecular weight excluding hydrogens is 243 g/mol. The Morgan fingerprint density at radius 2 is 1.81 bits per heavy atom.